The Hall–Kier alpha value is -0.670. The average molecular weight is 189 g/mol. The van der Waals surface area contributed by atoms with Crippen LogP contribution in [0.2, 0.25) is 0 Å². The summed E-state index contributed by atoms with van der Waals surface area (Å²) in [5, 5.41) is 0. The number of rotatable bonds is 1. The molecule has 0 spiro atoms. The van der Waals surface area contributed by atoms with Gasteiger partial charge in [-0.15, -0.1) is 12.4 Å². The van der Waals surface area contributed by atoms with Crippen molar-refractivity contribution in [2.75, 3.05) is 0 Å². The van der Waals surface area contributed by atoms with Crippen LogP contribution in [0.3, 0.4) is 0 Å². The maximum Gasteiger partial charge on any atom is 0.212 e. The summed E-state index contributed by atoms with van der Waals surface area (Å²) in [7, 11) is 0. The Morgan fingerprint density at radius 2 is 2.17 bits per heavy atom. The summed E-state index contributed by atoms with van der Waals surface area (Å²) in [6.07, 6.45) is 2.57. The van der Waals surface area contributed by atoms with E-state index in [1.807, 2.05) is 0 Å². The first-order valence-electron chi connectivity index (χ1n) is 3.64. The molecule has 2 rings (SSSR count). The molecule has 12 heavy (non-hydrogen) atoms. The van der Waals surface area contributed by atoms with E-state index >= 15 is 0 Å². The van der Waals surface area contributed by atoms with E-state index in [9.17, 15) is 4.39 Å². The van der Waals surface area contributed by atoms with E-state index in [1.54, 1.807) is 12.3 Å². The van der Waals surface area contributed by atoms with Gasteiger partial charge in [-0.25, -0.2) is 4.98 Å². The lowest BCUT2D eigenvalue weighted by atomic mass is 10.2. The molecule has 0 unspecified atom stereocenters. The maximum absolute atomic E-state index is 12.3. The zero-order valence-electron chi connectivity index (χ0n) is 6.40. The van der Waals surface area contributed by atoms with Crippen LogP contribution in [0.5, 0.6) is 0 Å². The molecule has 1 aliphatic rings. The Labute approximate surface area is 76.4 Å². The molecule has 4 heteroatoms. The molecule has 1 fully saturated rings. The van der Waals surface area contributed by atoms with Crippen LogP contribution in [0.15, 0.2) is 18.3 Å². The van der Waals surface area contributed by atoms with Gasteiger partial charge in [0, 0.05) is 18.2 Å². The van der Waals surface area contributed by atoms with Gasteiger partial charge in [0.2, 0.25) is 5.95 Å². The van der Waals surface area contributed by atoms with Crippen LogP contribution in [-0.4, -0.2) is 11.0 Å². The zero-order valence-corrected chi connectivity index (χ0v) is 7.22. The SMILES string of the molecule is Cl.N[C@@H]1C[C@H]1c1ccc(F)nc1. The molecule has 2 atom stereocenters. The minimum Gasteiger partial charge on any atom is -0.327 e. The highest BCUT2D eigenvalue weighted by Crippen LogP contribution is 2.38. The molecule has 0 amide bonds. The van der Waals surface area contributed by atoms with Crippen molar-refractivity contribution >= 4 is 12.4 Å². The standard InChI is InChI=1S/C8H9FN2.ClH/c9-8-2-1-5(4-11-8)6-3-7(6)10;/h1-2,4,6-7H,3,10H2;1H/t6-,7+;/m0./s1. The number of nitrogens with zero attached hydrogens (tertiary/aromatic N) is 1. The van der Waals surface area contributed by atoms with Crippen molar-refractivity contribution in [1.82, 2.24) is 4.98 Å². The van der Waals surface area contributed by atoms with E-state index < -0.39 is 5.95 Å². The van der Waals surface area contributed by atoms with Gasteiger partial charge in [-0.1, -0.05) is 6.07 Å². The van der Waals surface area contributed by atoms with Crippen molar-refractivity contribution in [1.29, 1.82) is 0 Å². The zero-order chi connectivity index (χ0) is 7.84. The molecule has 0 bridgehead atoms. The van der Waals surface area contributed by atoms with Gasteiger partial charge in [-0.2, -0.15) is 4.39 Å². The Morgan fingerprint density at radius 3 is 2.58 bits per heavy atom. The van der Waals surface area contributed by atoms with Gasteiger partial charge in [0.05, 0.1) is 0 Å². The first kappa shape index (κ1) is 9.42. The van der Waals surface area contributed by atoms with Gasteiger partial charge in [0.25, 0.3) is 0 Å². The summed E-state index contributed by atoms with van der Waals surface area (Å²) in [5.41, 5.74) is 6.67. The van der Waals surface area contributed by atoms with E-state index in [2.05, 4.69) is 4.98 Å². The van der Waals surface area contributed by atoms with E-state index in [0.29, 0.717) is 5.92 Å². The molecular weight excluding hydrogens is 179 g/mol. The van der Waals surface area contributed by atoms with Gasteiger partial charge in [-0.3, -0.25) is 0 Å². The molecule has 1 saturated carbocycles. The van der Waals surface area contributed by atoms with E-state index in [0.717, 1.165) is 12.0 Å². The second-order valence-electron chi connectivity index (χ2n) is 2.92. The Bertz CT molecular complexity index is 262. The highest BCUT2D eigenvalue weighted by atomic mass is 35.5. The molecule has 1 aromatic rings. The van der Waals surface area contributed by atoms with Crippen LogP contribution < -0.4 is 5.73 Å². The molecule has 66 valence electrons. The van der Waals surface area contributed by atoms with Crippen LogP contribution in [-0.2, 0) is 0 Å². The van der Waals surface area contributed by atoms with Gasteiger partial charge in [0.15, 0.2) is 0 Å². The molecule has 2 N–H and O–H groups in total. The molecule has 0 radical (unpaired) electrons. The molecule has 0 saturated heterocycles. The predicted octanol–water partition coefficient (Wildman–Crippen LogP) is 1.46. The van der Waals surface area contributed by atoms with Gasteiger partial charge >= 0.3 is 0 Å². The Morgan fingerprint density at radius 1 is 1.50 bits per heavy atom. The summed E-state index contributed by atoms with van der Waals surface area (Å²) < 4.78 is 12.3. The second kappa shape index (κ2) is 3.37. The highest BCUT2D eigenvalue weighted by molar-refractivity contribution is 5.85. The monoisotopic (exact) mass is 188 g/mol. The lowest BCUT2D eigenvalue weighted by Crippen LogP contribution is -2.01. The molecule has 0 aliphatic heterocycles. The molecule has 1 aromatic heterocycles. The Balaban J connectivity index is 0.000000720. The topological polar surface area (TPSA) is 38.9 Å². The fraction of sp³-hybridized carbons (Fsp3) is 0.375. The minimum atomic E-state index is -0.428. The molecule has 1 heterocycles. The third-order valence-corrected chi connectivity index (χ3v) is 2.02. The average Bonchev–Trinajstić information content (AvgIpc) is 2.69. The number of pyridine rings is 1. The van der Waals surface area contributed by atoms with Gasteiger partial charge in [0.1, 0.15) is 0 Å². The van der Waals surface area contributed by atoms with Crippen molar-refractivity contribution in [2.45, 2.75) is 18.4 Å². The highest BCUT2D eigenvalue weighted by Gasteiger charge is 2.34. The number of hydrogen-bond acceptors (Lipinski definition) is 2. The number of nitrogens with two attached hydrogens (primary N) is 1. The summed E-state index contributed by atoms with van der Waals surface area (Å²) >= 11 is 0. The van der Waals surface area contributed by atoms with Crippen LogP contribution in [0, 0.1) is 5.95 Å². The number of halogens is 2. The summed E-state index contributed by atoms with van der Waals surface area (Å²) in [6, 6.07) is 3.39. The van der Waals surface area contributed by atoms with Crippen molar-refractivity contribution in [3.8, 4) is 0 Å². The number of aromatic nitrogens is 1. The van der Waals surface area contributed by atoms with Crippen LogP contribution in [0.4, 0.5) is 4.39 Å². The number of hydrogen-bond donors (Lipinski definition) is 1. The fourth-order valence-electron chi connectivity index (χ4n) is 1.20. The first-order valence-corrected chi connectivity index (χ1v) is 3.64. The summed E-state index contributed by atoms with van der Waals surface area (Å²) in [6.45, 7) is 0. The smallest absolute Gasteiger partial charge is 0.212 e. The van der Waals surface area contributed by atoms with Gasteiger partial charge < -0.3 is 5.73 Å². The van der Waals surface area contributed by atoms with E-state index in [-0.39, 0.29) is 18.4 Å². The fourth-order valence-corrected chi connectivity index (χ4v) is 1.20. The van der Waals surface area contributed by atoms with Crippen molar-refractivity contribution < 1.29 is 4.39 Å². The predicted molar refractivity (Wildman–Crippen MR) is 46.8 cm³/mol. The van der Waals surface area contributed by atoms with Crippen LogP contribution in [0.25, 0.3) is 0 Å². The minimum absolute atomic E-state index is 0. The lowest BCUT2D eigenvalue weighted by Gasteiger charge is -1.95. The third kappa shape index (κ3) is 1.73. The normalized spacial score (nSPS) is 26.2. The quantitative estimate of drug-likeness (QED) is 0.678. The largest absolute Gasteiger partial charge is 0.327 e. The van der Waals surface area contributed by atoms with E-state index in [1.165, 1.54) is 6.07 Å². The molecular formula is C8H10ClFN2. The van der Waals surface area contributed by atoms with Crippen molar-refractivity contribution in [2.24, 2.45) is 5.73 Å². The molecule has 2 nitrogen and oxygen atoms in total. The van der Waals surface area contributed by atoms with Crippen molar-refractivity contribution in [3.05, 3.63) is 29.8 Å². The van der Waals surface area contributed by atoms with Gasteiger partial charge in [-0.05, 0) is 18.1 Å². The van der Waals surface area contributed by atoms with E-state index in [4.69, 9.17) is 5.73 Å². The summed E-state index contributed by atoms with van der Waals surface area (Å²) in [5.74, 6) is -0.00827. The lowest BCUT2D eigenvalue weighted by molar-refractivity contribution is 0.582. The Kier molecular flexibility index (Phi) is 2.65. The van der Waals surface area contributed by atoms with Crippen LogP contribution >= 0.6 is 12.4 Å². The van der Waals surface area contributed by atoms with Crippen molar-refractivity contribution in [3.63, 3.8) is 0 Å². The molecule has 1 aliphatic carbocycles. The summed E-state index contributed by atoms with van der Waals surface area (Å²) in [4.78, 5) is 3.55. The third-order valence-electron chi connectivity index (χ3n) is 2.02. The molecule has 0 aromatic carbocycles. The second-order valence-corrected chi connectivity index (χ2v) is 2.92. The van der Waals surface area contributed by atoms with Crippen LogP contribution in [0.1, 0.15) is 17.9 Å². The maximum atomic E-state index is 12.3. The first-order chi connectivity index (χ1) is 5.27.